The average molecular weight is 481 g/mol. The first kappa shape index (κ1) is 21.9. The maximum atomic E-state index is 13.1. The van der Waals surface area contributed by atoms with Crippen molar-refractivity contribution in [3.05, 3.63) is 70.4 Å². The van der Waals surface area contributed by atoms with Gasteiger partial charge in [0.2, 0.25) is 21.7 Å². The van der Waals surface area contributed by atoms with E-state index < -0.39 is 10.0 Å². The van der Waals surface area contributed by atoms with Crippen LogP contribution in [0.15, 0.2) is 63.3 Å². The van der Waals surface area contributed by atoms with Crippen molar-refractivity contribution in [1.29, 1.82) is 0 Å². The number of thiazole rings is 1. The van der Waals surface area contributed by atoms with Gasteiger partial charge < -0.3 is 4.52 Å². The maximum Gasteiger partial charge on any atom is 0.243 e. The normalized spacial score (nSPS) is 17.3. The number of sulfonamides is 1. The van der Waals surface area contributed by atoms with Gasteiger partial charge in [-0.05, 0) is 44.9 Å². The lowest BCUT2D eigenvalue weighted by Crippen LogP contribution is -2.39. The lowest BCUT2D eigenvalue weighted by Gasteiger charge is -2.30. The predicted molar refractivity (Wildman–Crippen MR) is 127 cm³/mol. The zero-order valence-electron chi connectivity index (χ0n) is 18.4. The van der Waals surface area contributed by atoms with Crippen LogP contribution in [0, 0.1) is 13.8 Å². The fourth-order valence-corrected chi connectivity index (χ4v) is 6.20. The first-order valence-corrected chi connectivity index (χ1v) is 13.2. The molecule has 1 aliphatic heterocycles. The molecule has 9 heteroatoms. The number of piperidine rings is 1. The third-order valence-corrected chi connectivity index (χ3v) is 8.52. The van der Waals surface area contributed by atoms with E-state index in [4.69, 9.17) is 4.52 Å². The summed E-state index contributed by atoms with van der Waals surface area (Å²) in [6.45, 7) is 4.74. The minimum absolute atomic E-state index is 0.135. The molecule has 5 rings (SSSR count). The van der Waals surface area contributed by atoms with Gasteiger partial charge >= 0.3 is 0 Å². The number of aryl methyl sites for hydroxylation is 2. The summed E-state index contributed by atoms with van der Waals surface area (Å²) in [5.74, 6) is 0.839. The summed E-state index contributed by atoms with van der Waals surface area (Å²) in [4.78, 5) is 9.49. The Morgan fingerprint density at radius 2 is 1.85 bits per heavy atom. The van der Waals surface area contributed by atoms with Crippen LogP contribution in [0.2, 0.25) is 0 Å². The molecular formula is C24H24N4O3S2. The van der Waals surface area contributed by atoms with Gasteiger partial charge in [-0.1, -0.05) is 41.1 Å². The molecule has 0 bridgehead atoms. The van der Waals surface area contributed by atoms with E-state index in [1.165, 1.54) is 4.31 Å². The molecule has 1 aliphatic rings. The van der Waals surface area contributed by atoms with Crippen LogP contribution in [0.25, 0.3) is 22.6 Å². The summed E-state index contributed by atoms with van der Waals surface area (Å²) in [6.07, 6.45) is 1.55. The molecule has 4 aromatic rings. The Bertz CT molecular complexity index is 1380. The van der Waals surface area contributed by atoms with Gasteiger partial charge in [0, 0.05) is 29.6 Å². The molecule has 2 aromatic carbocycles. The highest BCUT2D eigenvalue weighted by molar-refractivity contribution is 7.89. The van der Waals surface area contributed by atoms with Crippen LogP contribution in [0.5, 0.6) is 0 Å². The van der Waals surface area contributed by atoms with Crippen LogP contribution < -0.4 is 0 Å². The summed E-state index contributed by atoms with van der Waals surface area (Å²) < 4.78 is 33.4. The molecule has 33 heavy (non-hydrogen) atoms. The van der Waals surface area contributed by atoms with E-state index in [-0.39, 0.29) is 5.92 Å². The van der Waals surface area contributed by atoms with Gasteiger partial charge in [-0.3, -0.25) is 0 Å². The van der Waals surface area contributed by atoms with E-state index in [2.05, 4.69) is 15.1 Å². The van der Waals surface area contributed by atoms with Crippen molar-refractivity contribution in [1.82, 2.24) is 19.4 Å². The predicted octanol–water partition coefficient (Wildman–Crippen LogP) is 5.05. The molecule has 1 atom stereocenters. The highest BCUT2D eigenvalue weighted by Gasteiger charge is 2.33. The molecule has 1 saturated heterocycles. The molecule has 0 unspecified atom stereocenters. The summed E-state index contributed by atoms with van der Waals surface area (Å²) in [5.41, 5.74) is 3.79. The SMILES string of the molecule is Cc1ccc(S(=O)(=O)N2CCC[C@@H](c3nc(-c4cccc(-c5csc(C)n5)c4)no3)C2)cc1. The number of hydrogen-bond donors (Lipinski definition) is 0. The largest absolute Gasteiger partial charge is 0.339 e. The third kappa shape index (κ3) is 4.48. The van der Waals surface area contributed by atoms with Crippen LogP contribution in [0.3, 0.4) is 0 Å². The molecule has 0 N–H and O–H groups in total. The highest BCUT2D eigenvalue weighted by Crippen LogP contribution is 2.31. The summed E-state index contributed by atoms with van der Waals surface area (Å²) in [7, 11) is -3.56. The van der Waals surface area contributed by atoms with Gasteiger partial charge in [0.25, 0.3) is 0 Å². The second-order valence-corrected chi connectivity index (χ2v) is 11.3. The van der Waals surface area contributed by atoms with Crippen LogP contribution in [-0.4, -0.2) is 40.9 Å². The fourth-order valence-electron chi connectivity index (χ4n) is 4.05. The van der Waals surface area contributed by atoms with Crippen molar-refractivity contribution in [3.63, 3.8) is 0 Å². The van der Waals surface area contributed by atoms with Crippen LogP contribution >= 0.6 is 11.3 Å². The number of hydrogen-bond acceptors (Lipinski definition) is 7. The Morgan fingerprint density at radius 3 is 2.61 bits per heavy atom. The van der Waals surface area contributed by atoms with Gasteiger partial charge in [0.15, 0.2) is 0 Å². The van der Waals surface area contributed by atoms with Gasteiger partial charge in [0.1, 0.15) is 0 Å². The van der Waals surface area contributed by atoms with Crippen molar-refractivity contribution in [2.24, 2.45) is 0 Å². The lowest BCUT2D eigenvalue weighted by atomic mass is 10.00. The van der Waals surface area contributed by atoms with E-state index in [0.29, 0.717) is 29.7 Å². The molecule has 1 fully saturated rings. The highest BCUT2D eigenvalue weighted by atomic mass is 32.2. The van der Waals surface area contributed by atoms with E-state index in [0.717, 1.165) is 40.2 Å². The average Bonchev–Trinajstić information content (AvgIpc) is 3.49. The zero-order valence-corrected chi connectivity index (χ0v) is 20.1. The number of aromatic nitrogens is 3. The van der Waals surface area contributed by atoms with Crippen molar-refractivity contribution in [2.45, 2.75) is 37.5 Å². The van der Waals surface area contributed by atoms with Gasteiger partial charge in [0.05, 0.1) is 21.5 Å². The van der Waals surface area contributed by atoms with Gasteiger partial charge in [-0.15, -0.1) is 11.3 Å². The monoisotopic (exact) mass is 480 g/mol. The molecule has 7 nitrogen and oxygen atoms in total. The Morgan fingerprint density at radius 1 is 1.06 bits per heavy atom. The molecule has 0 saturated carbocycles. The lowest BCUT2D eigenvalue weighted by molar-refractivity contribution is 0.265. The Balaban J connectivity index is 1.36. The van der Waals surface area contributed by atoms with E-state index >= 15 is 0 Å². The van der Waals surface area contributed by atoms with Crippen LogP contribution in [0.4, 0.5) is 0 Å². The molecule has 0 radical (unpaired) electrons. The van der Waals surface area contributed by atoms with Crippen LogP contribution in [0.1, 0.15) is 35.2 Å². The smallest absolute Gasteiger partial charge is 0.243 e. The topological polar surface area (TPSA) is 89.2 Å². The Hall–Kier alpha value is -2.88. The standard InChI is InChI=1S/C24H24N4O3S2/c1-16-8-10-21(11-9-16)33(29,30)28-12-4-7-20(14-28)24-26-23(27-31-24)19-6-3-5-18(13-19)22-15-32-17(2)25-22/h3,5-6,8-11,13,15,20H,4,7,12,14H2,1-2H3/t20-/m1/s1. The van der Waals surface area contributed by atoms with Gasteiger partial charge in [-0.2, -0.15) is 9.29 Å². The molecule has 0 amide bonds. The van der Waals surface area contributed by atoms with E-state index in [9.17, 15) is 8.42 Å². The maximum absolute atomic E-state index is 13.1. The minimum Gasteiger partial charge on any atom is -0.339 e. The molecular weight excluding hydrogens is 456 g/mol. The first-order valence-electron chi connectivity index (χ1n) is 10.8. The Kier molecular flexibility index (Phi) is 5.86. The second kappa shape index (κ2) is 8.81. The van der Waals surface area contributed by atoms with Crippen molar-refractivity contribution in [2.75, 3.05) is 13.1 Å². The molecule has 3 heterocycles. The molecule has 0 aliphatic carbocycles. The first-order chi connectivity index (χ1) is 15.9. The van der Waals surface area contributed by atoms with Gasteiger partial charge in [-0.25, -0.2) is 13.4 Å². The second-order valence-electron chi connectivity index (χ2n) is 8.30. The third-order valence-electron chi connectivity index (χ3n) is 5.87. The summed E-state index contributed by atoms with van der Waals surface area (Å²) in [6, 6.07) is 14.9. The van der Waals surface area contributed by atoms with Crippen molar-refractivity contribution >= 4 is 21.4 Å². The van der Waals surface area contributed by atoms with Crippen LogP contribution in [-0.2, 0) is 10.0 Å². The number of rotatable bonds is 5. The van der Waals surface area contributed by atoms with E-state index in [1.807, 2.05) is 55.6 Å². The van der Waals surface area contributed by atoms with Crippen molar-refractivity contribution < 1.29 is 12.9 Å². The summed E-state index contributed by atoms with van der Waals surface area (Å²) >= 11 is 1.61. The zero-order chi connectivity index (χ0) is 23.0. The molecule has 2 aromatic heterocycles. The quantitative estimate of drug-likeness (QED) is 0.397. The van der Waals surface area contributed by atoms with Crippen molar-refractivity contribution in [3.8, 4) is 22.6 Å². The number of nitrogens with zero attached hydrogens (tertiary/aromatic N) is 4. The fraction of sp³-hybridized carbons (Fsp3) is 0.292. The summed E-state index contributed by atoms with van der Waals surface area (Å²) in [5, 5.41) is 7.23. The molecule has 170 valence electrons. The minimum atomic E-state index is -3.56. The number of benzene rings is 2. The Labute approximate surface area is 197 Å². The van der Waals surface area contributed by atoms with E-state index in [1.54, 1.807) is 23.5 Å². The molecule has 0 spiro atoms.